The molecule has 0 aromatic heterocycles. The highest BCUT2D eigenvalue weighted by Crippen LogP contribution is 2.07. The van der Waals surface area contributed by atoms with E-state index in [9.17, 15) is 4.79 Å². The van der Waals surface area contributed by atoms with Gasteiger partial charge in [-0.2, -0.15) is 5.10 Å². The fourth-order valence-corrected chi connectivity index (χ4v) is 1.29. The molecule has 0 spiro atoms. The molecule has 0 radical (unpaired) electrons. The van der Waals surface area contributed by atoms with E-state index in [1.54, 1.807) is 6.92 Å². The van der Waals surface area contributed by atoms with E-state index in [-0.39, 0.29) is 5.78 Å². The summed E-state index contributed by atoms with van der Waals surface area (Å²) in [7, 11) is 0.555. The lowest BCUT2D eigenvalue weighted by Crippen LogP contribution is -2.40. The largest absolute Gasteiger partial charge is 0.327 e. The fourth-order valence-electron chi connectivity index (χ4n) is 0.839. The van der Waals surface area contributed by atoms with E-state index < -0.39 is 8.24 Å². The zero-order valence-corrected chi connectivity index (χ0v) is 11.2. The highest BCUT2D eigenvalue weighted by Gasteiger charge is 2.19. The molecule has 0 aliphatic heterocycles. The number of ketones is 1. The topological polar surface area (TPSA) is 32.7 Å². The average molecular weight is 214 g/mol. The molecule has 0 saturated heterocycles. The molecule has 0 aromatic rings. The van der Waals surface area contributed by atoms with Gasteiger partial charge >= 0.3 is 0 Å². The van der Waals surface area contributed by atoms with Gasteiger partial charge < -0.3 is 4.67 Å². The van der Waals surface area contributed by atoms with Crippen LogP contribution in [0.3, 0.4) is 0 Å². The van der Waals surface area contributed by atoms with Crippen molar-refractivity contribution in [3.05, 3.63) is 0 Å². The van der Waals surface area contributed by atoms with Crippen molar-refractivity contribution in [1.82, 2.24) is 4.67 Å². The van der Waals surface area contributed by atoms with E-state index in [2.05, 4.69) is 24.7 Å². The summed E-state index contributed by atoms with van der Waals surface area (Å²) in [5.74, 6) is 0.164. The van der Waals surface area contributed by atoms with Gasteiger partial charge in [-0.15, -0.1) is 0 Å². The standard InChI is InChI=1S/C10H22N2OSi/c1-7-8-10(13)9(2)11-12(3)14(4,5)6/h7-8H2,1-6H3/b11-9+. The van der Waals surface area contributed by atoms with Crippen LogP contribution in [0.2, 0.25) is 19.6 Å². The summed E-state index contributed by atoms with van der Waals surface area (Å²) in [5, 5.41) is 4.33. The molecule has 0 fully saturated rings. The summed E-state index contributed by atoms with van der Waals surface area (Å²) in [6.07, 6.45) is 1.50. The van der Waals surface area contributed by atoms with Crippen LogP contribution in [0.1, 0.15) is 26.7 Å². The monoisotopic (exact) mass is 214 g/mol. The van der Waals surface area contributed by atoms with Gasteiger partial charge in [0.25, 0.3) is 0 Å². The molecule has 0 bridgehead atoms. The smallest absolute Gasteiger partial charge is 0.178 e. The molecule has 0 saturated carbocycles. The molecule has 82 valence electrons. The van der Waals surface area contributed by atoms with Crippen LogP contribution >= 0.6 is 0 Å². The van der Waals surface area contributed by atoms with Gasteiger partial charge in [0.05, 0.1) is 5.71 Å². The van der Waals surface area contributed by atoms with Crippen molar-refractivity contribution in [3.8, 4) is 0 Å². The molecule has 0 amide bonds. The third-order valence-electron chi connectivity index (χ3n) is 2.15. The van der Waals surface area contributed by atoms with Gasteiger partial charge in [-0.3, -0.25) is 4.79 Å². The van der Waals surface area contributed by atoms with Crippen molar-refractivity contribution in [2.24, 2.45) is 5.10 Å². The van der Waals surface area contributed by atoms with Crippen LogP contribution < -0.4 is 0 Å². The first-order valence-electron chi connectivity index (χ1n) is 5.11. The average Bonchev–Trinajstić information content (AvgIpc) is 2.02. The van der Waals surface area contributed by atoms with Crippen LogP contribution in [0.15, 0.2) is 5.10 Å². The van der Waals surface area contributed by atoms with E-state index >= 15 is 0 Å². The highest BCUT2D eigenvalue weighted by molar-refractivity contribution is 6.73. The lowest BCUT2D eigenvalue weighted by molar-refractivity contribution is -0.113. The van der Waals surface area contributed by atoms with Gasteiger partial charge in [0, 0.05) is 13.5 Å². The SMILES string of the molecule is CCCC(=O)/C(C)=N/N(C)[Si](C)(C)C. The molecule has 14 heavy (non-hydrogen) atoms. The summed E-state index contributed by atoms with van der Waals surface area (Å²) in [5.41, 5.74) is 0.636. The Balaban J connectivity index is 4.44. The first-order valence-corrected chi connectivity index (χ1v) is 8.56. The van der Waals surface area contributed by atoms with Crippen molar-refractivity contribution >= 4 is 19.7 Å². The molecule has 0 unspecified atom stereocenters. The van der Waals surface area contributed by atoms with E-state index in [4.69, 9.17) is 0 Å². The molecule has 0 N–H and O–H groups in total. The highest BCUT2D eigenvalue weighted by atomic mass is 28.3. The molecular weight excluding hydrogens is 192 g/mol. The van der Waals surface area contributed by atoms with Gasteiger partial charge in [0.1, 0.15) is 0 Å². The van der Waals surface area contributed by atoms with Crippen molar-refractivity contribution in [2.75, 3.05) is 7.05 Å². The van der Waals surface area contributed by atoms with E-state index in [0.717, 1.165) is 6.42 Å². The lowest BCUT2D eigenvalue weighted by atomic mass is 10.2. The van der Waals surface area contributed by atoms with Crippen molar-refractivity contribution < 1.29 is 4.79 Å². The van der Waals surface area contributed by atoms with Gasteiger partial charge in [-0.25, -0.2) is 0 Å². The maximum atomic E-state index is 11.5. The minimum atomic E-state index is -1.40. The number of carbonyl (C=O) groups excluding carboxylic acids is 1. The van der Waals surface area contributed by atoms with Crippen molar-refractivity contribution in [3.63, 3.8) is 0 Å². The number of rotatable bonds is 5. The Hall–Kier alpha value is -0.643. The fraction of sp³-hybridized carbons (Fsp3) is 0.800. The van der Waals surface area contributed by atoms with Gasteiger partial charge in [0.15, 0.2) is 14.0 Å². The van der Waals surface area contributed by atoms with Crippen LogP contribution in [-0.2, 0) is 4.79 Å². The Morgan fingerprint density at radius 1 is 1.36 bits per heavy atom. The predicted molar refractivity (Wildman–Crippen MR) is 64.1 cm³/mol. The molecule has 0 aliphatic rings. The Labute approximate surface area is 88.3 Å². The molecule has 0 rings (SSSR count). The summed E-state index contributed by atoms with van der Waals surface area (Å²) < 4.78 is 1.97. The van der Waals surface area contributed by atoms with Crippen molar-refractivity contribution in [2.45, 2.75) is 46.3 Å². The second kappa shape index (κ2) is 5.29. The van der Waals surface area contributed by atoms with E-state index in [1.165, 1.54) is 0 Å². The summed E-state index contributed by atoms with van der Waals surface area (Å²) in [6.45, 7) is 10.4. The zero-order valence-electron chi connectivity index (χ0n) is 10.2. The summed E-state index contributed by atoms with van der Waals surface area (Å²) in [4.78, 5) is 11.5. The number of carbonyl (C=O) groups is 1. The van der Waals surface area contributed by atoms with E-state index in [0.29, 0.717) is 12.1 Å². The number of Topliss-reactive ketones (excluding diaryl/α,β-unsaturated/α-hetero) is 1. The quantitative estimate of drug-likeness (QED) is 0.400. The van der Waals surface area contributed by atoms with Crippen LogP contribution in [0.5, 0.6) is 0 Å². The van der Waals surface area contributed by atoms with Gasteiger partial charge in [-0.05, 0) is 13.3 Å². The minimum Gasteiger partial charge on any atom is -0.327 e. The molecule has 0 atom stereocenters. The van der Waals surface area contributed by atoms with Gasteiger partial charge in [0.2, 0.25) is 0 Å². The Morgan fingerprint density at radius 2 is 1.86 bits per heavy atom. The maximum Gasteiger partial charge on any atom is 0.178 e. The second-order valence-electron chi connectivity index (χ2n) is 4.55. The summed E-state index contributed by atoms with van der Waals surface area (Å²) in [6, 6.07) is 0. The van der Waals surface area contributed by atoms with Crippen LogP contribution in [0.25, 0.3) is 0 Å². The Morgan fingerprint density at radius 3 is 2.21 bits per heavy atom. The maximum absolute atomic E-state index is 11.5. The van der Waals surface area contributed by atoms with Gasteiger partial charge in [-0.1, -0.05) is 26.6 Å². The number of hydrazone groups is 1. The zero-order chi connectivity index (χ0) is 11.4. The lowest BCUT2D eigenvalue weighted by Gasteiger charge is -2.27. The first kappa shape index (κ1) is 13.4. The van der Waals surface area contributed by atoms with Crippen LogP contribution in [-0.4, -0.2) is 31.5 Å². The number of nitrogens with zero attached hydrogens (tertiary/aromatic N) is 2. The van der Waals surface area contributed by atoms with Crippen molar-refractivity contribution in [1.29, 1.82) is 0 Å². The molecule has 4 heteroatoms. The van der Waals surface area contributed by atoms with Crippen LogP contribution in [0, 0.1) is 0 Å². The molecule has 0 aromatic carbocycles. The van der Waals surface area contributed by atoms with Crippen LogP contribution in [0.4, 0.5) is 0 Å². The molecule has 0 heterocycles. The van der Waals surface area contributed by atoms with E-state index in [1.807, 2.05) is 18.6 Å². The third kappa shape index (κ3) is 4.55. The third-order valence-corrected chi connectivity index (χ3v) is 4.19. The Bertz CT molecular complexity index is 231. The Kier molecular flexibility index (Phi) is 5.05. The first-order chi connectivity index (χ1) is 6.29. The summed E-state index contributed by atoms with van der Waals surface area (Å²) >= 11 is 0. The second-order valence-corrected chi connectivity index (χ2v) is 9.54. The molecule has 0 aliphatic carbocycles. The molecule has 3 nitrogen and oxygen atoms in total. The normalized spacial score (nSPS) is 12.9. The molecular formula is C10H22N2OSi. The predicted octanol–water partition coefficient (Wildman–Crippen LogP) is 2.50. The number of hydrogen-bond donors (Lipinski definition) is 0. The minimum absolute atomic E-state index is 0.164. The number of hydrogen-bond acceptors (Lipinski definition) is 3.